The van der Waals surface area contributed by atoms with E-state index in [0.717, 1.165) is 25.1 Å². The molecule has 0 saturated carbocycles. The maximum atomic E-state index is 9.59. The normalized spacial score (nSPS) is 21.7. The molecular formula is C11H19N3O2S2. The number of aryl methyl sites for hydroxylation is 1. The number of rotatable bonds is 3. The second-order valence-electron chi connectivity index (χ2n) is 4.85. The fourth-order valence-electron chi connectivity index (χ4n) is 2.29. The third-order valence-electron chi connectivity index (χ3n) is 3.42. The highest BCUT2D eigenvalue weighted by Gasteiger charge is 2.25. The molecule has 0 radical (unpaired) electrons. The summed E-state index contributed by atoms with van der Waals surface area (Å²) in [5.74, 6) is 2.10. The van der Waals surface area contributed by atoms with Crippen molar-refractivity contribution in [2.45, 2.75) is 26.3 Å². The summed E-state index contributed by atoms with van der Waals surface area (Å²) in [5.41, 5.74) is 6.69. The van der Waals surface area contributed by atoms with Gasteiger partial charge in [-0.15, -0.1) is 0 Å². The van der Waals surface area contributed by atoms with Crippen molar-refractivity contribution in [2.24, 2.45) is 11.7 Å². The van der Waals surface area contributed by atoms with Crippen molar-refractivity contribution >= 4 is 27.8 Å². The zero-order valence-corrected chi connectivity index (χ0v) is 12.0. The van der Waals surface area contributed by atoms with Gasteiger partial charge in [-0.2, -0.15) is 10.6 Å². The average Bonchev–Trinajstić information content (AvgIpc) is 2.64. The molecular weight excluding hydrogens is 270 g/mol. The molecule has 5 nitrogen and oxygen atoms in total. The summed E-state index contributed by atoms with van der Waals surface area (Å²) in [4.78, 5) is 4.52. The first-order valence-electron chi connectivity index (χ1n) is 5.94. The Morgan fingerprint density at radius 3 is 2.72 bits per heavy atom. The van der Waals surface area contributed by atoms with Gasteiger partial charge in [0.25, 0.3) is 0 Å². The Labute approximate surface area is 114 Å². The molecule has 0 spiro atoms. The van der Waals surface area contributed by atoms with E-state index in [9.17, 15) is 9.11 Å². The molecule has 1 fully saturated rings. The molecule has 0 amide bonds. The maximum absolute atomic E-state index is 9.59. The van der Waals surface area contributed by atoms with Crippen molar-refractivity contribution in [3.63, 3.8) is 0 Å². The van der Waals surface area contributed by atoms with Crippen LogP contribution in [0, 0.1) is 12.8 Å². The number of hydrogen-bond acceptors (Lipinski definition) is 4. The quantitative estimate of drug-likeness (QED) is 0.741. The Balaban J connectivity index is 2.06. The Bertz CT molecular complexity index is 449. The minimum Gasteiger partial charge on any atom is -0.387 e. The van der Waals surface area contributed by atoms with E-state index in [1.54, 1.807) is 6.20 Å². The highest BCUT2D eigenvalue weighted by Crippen LogP contribution is 2.46. The zero-order valence-electron chi connectivity index (χ0n) is 10.4. The Kier molecular flexibility index (Phi) is 3.96. The molecule has 1 aromatic rings. The van der Waals surface area contributed by atoms with Crippen LogP contribution in [0.1, 0.15) is 24.4 Å². The van der Waals surface area contributed by atoms with Crippen LogP contribution < -0.4 is 5.73 Å². The van der Waals surface area contributed by atoms with Crippen LogP contribution >= 0.6 is 22.8 Å². The average molecular weight is 289 g/mol. The summed E-state index contributed by atoms with van der Waals surface area (Å²) in [6, 6.07) is 0. The number of imidazole rings is 1. The number of hydrogen-bond donors (Lipinski definition) is 3. The van der Waals surface area contributed by atoms with Gasteiger partial charge in [0.05, 0.1) is 0 Å². The van der Waals surface area contributed by atoms with Gasteiger partial charge in [-0.3, -0.25) is 9.11 Å². The van der Waals surface area contributed by atoms with Crippen molar-refractivity contribution in [1.29, 1.82) is 0 Å². The van der Waals surface area contributed by atoms with Crippen molar-refractivity contribution in [1.82, 2.24) is 9.55 Å². The van der Waals surface area contributed by atoms with Crippen LogP contribution in [0.4, 0.5) is 0 Å². The van der Waals surface area contributed by atoms with Crippen molar-refractivity contribution < 1.29 is 9.11 Å². The Hall–Kier alpha value is -0.630. The van der Waals surface area contributed by atoms with Crippen LogP contribution in [0.25, 0.3) is 0 Å². The van der Waals surface area contributed by atoms with Gasteiger partial charge in [0.15, 0.2) is 5.82 Å². The molecule has 1 aromatic heterocycles. The van der Waals surface area contributed by atoms with E-state index in [4.69, 9.17) is 18.0 Å². The minimum atomic E-state index is -2.31. The lowest BCUT2D eigenvalue weighted by atomic mass is 10.0. The zero-order chi connectivity index (χ0) is 13.3. The van der Waals surface area contributed by atoms with Crippen LogP contribution in [0.3, 0.4) is 0 Å². The highest BCUT2D eigenvalue weighted by molar-refractivity contribution is 8.24. The third kappa shape index (κ3) is 3.03. The molecule has 18 heavy (non-hydrogen) atoms. The molecule has 1 aliphatic heterocycles. The Morgan fingerprint density at radius 1 is 1.56 bits per heavy atom. The molecule has 2 rings (SSSR count). The lowest BCUT2D eigenvalue weighted by Crippen LogP contribution is -2.26. The first-order valence-corrected chi connectivity index (χ1v) is 8.24. The molecule has 0 aromatic carbocycles. The topological polar surface area (TPSA) is 84.3 Å². The summed E-state index contributed by atoms with van der Waals surface area (Å²) in [5, 5.41) is 0. The molecule has 0 atom stereocenters. The van der Waals surface area contributed by atoms with Crippen molar-refractivity contribution in [3.8, 4) is 0 Å². The molecule has 7 heteroatoms. The summed E-state index contributed by atoms with van der Waals surface area (Å²) in [6.07, 6.45) is 3.43. The van der Waals surface area contributed by atoms with E-state index in [2.05, 4.69) is 4.98 Å². The van der Waals surface area contributed by atoms with Crippen LogP contribution in [-0.4, -0.2) is 35.2 Å². The maximum Gasteiger partial charge on any atom is 0.167 e. The molecule has 1 saturated heterocycles. The molecule has 1 aliphatic rings. The van der Waals surface area contributed by atoms with Gasteiger partial charge < -0.3 is 10.3 Å². The number of nitrogens with zero attached hydrogens (tertiary/aromatic N) is 2. The summed E-state index contributed by atoms with van der Waals surface area (Å²) in [6.45, 7) is 2.78. The number of nitrogens with two attached hydrogens (primary N) is 1. The van der Waals surface area contributed by atoms with E-state index in [-0.39, 0.29) is 0 Å². The molecule has 0 unspecified atom stereocenters. The third-order valence-corrected chi connectivity index (χ3v) is 5.38. The van der Waals surface area contributed by atoms with Crippen molar-refractivity contribution in [2.75, 3.05) is 11.5 Å². The minimum absolute atomic E-state index is 0.309. The smallest absolute Gasteiger partial charge is 0.167 e. The lowest BCUT2D eigenvalue weighted by Gasteiger charge is -2.39. The van der Waals surface area contributed by atoms with E-state index < -0.39 is 10.6 Å². The van der Waals surface area contributed by atoms with Gasteiger partial charge in [0.1, 0.15) is 4.99 Å². The van der Waals surface area contributed by atoms with Crippen LogP contribution in [0.2, 0.25) is 0 Å². The largest absolute Gasteiger partial charge is 0.387 e. The molecule has 0 bridgehead atoms. The van der Waals surface area contributed by atoms with Gasteiger partial charge in [0, 0.05) is 29.9 Å². The molecule has 102 valence electrons. The standard InChI is InChI=1S/C11H19N3O2S2/c1-8-6-13-11(10(12)17)14(8)7-9-2-4-18(15,16)5-3-9/h6,9,15-16H,2-5,7H2,1H3,(H2,12,17). The van der Waals surface area contributed by atoms with Crippen LogP contribution in [0.5, 0.6) is 0 Å². The van der Waals surface area contributed by atoms with E-state index in [1.165, 1.54) is 0 Å². The number of thiocarbonyl (C=S) groups is 1. The lowest BCUT2D eigenvalue weighted by molar-refractivity contribution is 0.377. The SMILES string of the molecule is Cc1cnc(C(N)=S)n1CC1CCS(O)(O)CC1. The predicted molar refractivity (Wildman–Crippen MR) is 78.2 cm³/mol. The summed E-state index contributed by atoms with van der Waals surface area (Å²) < 4.78 is 21.2. The molecule has 2 heterocycles. The van der Waals surface area contributed by atoms with E-state index in [0.29, 0.717) is 28.2 Å². The van der Waals surface area contributed by atoms with E-state index >= 15 is 0 Å². The van der Waals surface area contributed by atoms with Crippen LogP contribution in [-0.2, 0) is 6.54 Å². The number of aromatic nitrogens is 2. The Morgan fingerprint density at radius 2 is 2.17 bits per heavy atom. The van der Waals surface area contributed by atoms with E-state index in [1.807, 2.05) is 11.5 Å². The fourth-order valence-corrected chi connectivity index (χ4v) is 4.07. The monoisotopic (exact) mass is 289 g/mol. The summed E-state index contributed by atoms with van der Waals surface area (Å²) in [7, 11) is -2.31. The second-order valence-corrected chi connectivity index (χ2v) is 7.71. The first kappa shape index (κ1) is 13.8. The summed E-state index contributed by atoms with van der Waals surface area (Å²) >= 11 is 4.99. The molecule has 0 aliphatic carbocycles. The fraction of sp³-hybridized carbons (Fsp3) is 0.636. The van der Waals surface area contributed by atoms with Crippen molar-refractivity contribution in [3.05, 3.63) is 17.7 Å². The van der Waals surface area contributed by atoms with Gasteiger partial charge in [-0.25, -0.2) is 4.98 Å². The highest BCUT2D eigenvalue weighted by atomic mass is 32.3. The van der Waals surface area contributed by atoms with Gasteiger partial charge in [-0.05, 0) is 25.7 Å². The molecule has 4 N–H and O–H groups in total. The van der Waals surface area contributed by atoms with Gasteiger partial charge in [-0.1, -0.05) is 12.2 Å². The predicted octanol–water partition coefficient (Wildman–Crippen LogP) is 1.99. The first-order chi connectivity index (χ1) is 8.39. The van der Waals surface area contributed by atoms with Crippen LogP contribution in [0.15, 0.2) is 6.20 Å². The van der Waals surface area contributed by atoms with Gasteiger partial charge >= 0.3 is 0 Å². The second kappa shape index (κ2) is 5.16. The van der Waals surface area contributed by atoms with Gasteiger partial charge in [0.2, 0.25) is 0 Å².